The van der Waals surface area contributed by atoms with E-state index in [1.54, 1.807) is 6.20 Å². The van der Waals surface area contributed by atoms with Gasteiger partial charge in [0.2, 0.25) is 0 Å². The van der Waals surface area contributed by atoms with Crippen LogP contribution in [0.15, 0.2) is 24.4 Å². The molecular formula is C17H21N3O. The normalized spacial score (nSPS) is 27.3. The fraction of sp³-hybridized carbons (Fsp3) is 0.471. The molecule has 4 rings (SSSR count). The van der Waals surface area contributed by atoms with E-state index in [-0.39, 0.29) is 5.91 Å². The molecular weight excluding hydrogens is 262 g/mol. The van der Waals surface area contributed by atoms with Gasteiger partial charge in [0, 0.05) is 29.3 Å². The summed E-state index contributed by atoms with van der Waals surface area (Å²) in [6, 6.07) is 5.62. The molecule has 2 aliphatic carbocycles. The van der Waals surface area contributed by atoms with E-state index in [0.29, 0.717) is 17.2 Å². The van der Waals surface area contributed by atoms with Crippen LogP contribution in [0.5, 0.6) is 0 Å². The zero-order valence-corrected chi connectivity index (χ0v) is 12.1. The lowest BCUT2D eigenvalue weighted by Gasteiger charge is -2.21. The largest absolute Gasteiger partial charge is 0.399 e. The Labute approximate surface area is 124 Å². The number of hydrogen-bond acceptors (Lipinski definition) is 2. The van der Waals surface area contributed by atoms with Crippen LogP contribution in [0.25, 0.3) is 10.9 Å². The van der Waals surface area contributed by atoms with Gasteiger partial charge in [0.15, 0.2) is 0 Å². The molecule has 0 aliphatic heterocycles. The van der Waals surface area contributed by atoms with E-state index in [0.717, 1.165) is 29.3 Å². The molecule has 1 aromatic carbocycles. The van der Waals surface area contributed by atoms with Gasteiger partial charge in [-0.1, -0.05) is 6.42 Å². The minimum absolute atomic E-state index is 0.00891. The molecule has 0 radical (unpaired) electrons. The molecule has 0 saturated heterocycles. The maximum atomic E-state index is 12.4. The number of nitrogens with two attached hydrogens (primary N) is 1. The van der Waals surface area contributed by atoms with Crippen LogP contribution >= 0.6 is 0 Å². The molecule has 2 bridgehead atoms. The maximum Gasteiger partial charge on any atom is 0.253 e. The van der Waals surface area contributed by atoms with Gasteiger partial charge in [0.1, 0.15) is 0 Å². The smallest absolute Gasteiger partial charge is 0.253 e. The Morgan fingerprint density at radius 2 is 2.24 bits per heavy atom. The zero-order chi connectivity index (χ0) is 14.4. The summed E-state index contributed by atoms with van der Waals surface area (Å²) in [5.74, 6) is 2.45. The lowest BCUT2D eigenvalue weighted by Crippen LogP contribution is -2.31. The number of anilines is 1. The van der Waals surface area contributed by atoms with Gasteiger partial charge in [-0.15, -0.1) is 0 Å². The van der Waals surface area contributed by atoms with Crippen LogP contribution in [-0.2, 0) is 0 Å². The second-order valence-electron chi connectivity index (χ2n) is 6.65. The van der Waals surface area contributed by atoms with Crippen molar-refractivity contribution in [2.24, 2.45) is 17.8 Å². The lowest BCUT2D eigenvalue weighted by atomic mass is 9.89. The van der Waals surface area contributed by atoms with E-state index in [2.05, 4.69) is 10.3 Å². The summed E-state index contributed by atoms with van der Waals surface area (Å²) in [5, 5.41) is 4.03. The molecule has 2 fully saturated rings. The van der Waals surface area contributed by atoms with E-state index >= 15 is 0 Å². The average molecular weight is 283 g/mol. The molecule has 1 aromatic heterocycles. The number of aromatic nitrogens is 1. The highest BCUT2D eigenvalue weighted by Gasteiger charge is 2.39. The van der Waals surface area contributed by atoms with Crippen molar-refractivity contribution in [1.29, 1.82) is 0 Å². The minimum Gasteiger partial charge on any atom is -0.399 e. The number of carbonyl (C=O) groups is 1. The van der Waals surface area contributed by atoms with E-state index < -0.39 is 0 Å². The molecule has 110 valence electrons. The topological polar surface area (TPSA) is 70.9 Å². The van der Waals surface area contributed by atoms with Crippen LogP contribution in [0, 0.1) is 17.8 Å². The molecule has 1 heterocycles. The van der Waals surface area contributed by atoms with Crippen molar-refractivity contribution in [3.8, 4) is 0 Å². The standard InChI is InChI=1S/C17H21N3O/c18-13-3-4-16-14(7-13)15(9-19-16)17(21)20-8-12-6-10-1-2-11(12)5-10/h3-4,7,9-12,19H,1-2,5-6,8,18H2,(H,20,21). The average Bonchev–Trinajstić information content (AvgIpc) is 3.18. The summed E-state index contributed by atoms with van der Waals surface area (Å²) in [6.07, 6.45) is 7.21. The van der Waals surface area contributed by atoms with Crippen molar-refractivity contribution in [2.45, 2.75) is 25.7 Å². The molecule has 2 aliphatic rings. The number of fused-ring (bicyclic) bond motifs is 3. The predicted octanol–water partition coefficient (Wildman–Crippen LogP) is 2.92. The SMILES string of the molecule is Nc1ccc2[nH]cc(C(=O)NCC3CC4CCC3C4)c2c1. The molecule has 1 amide bonds. The summed E-state index contributed by atoms with van der Waals surface area (Å²) in [4.78, 5) is 15.6. The Balaban J connectivity index is 1.47. The van der Waals surface area contributed by atoms with Crippen LogP contribution in [0.1, 0.15) is 36.0 Å². The third kappa shape index (κ3) is 2.19. The highest BCUT2D eigenvalue weighted by Crippen LogP contribution is 2.47. The van der Waals surface area contributed by atoms with Gasteiger partial charge in [0.05, 0.1) is 5.56 Å². The van der Waals surface area contributed by atoms with Crippen molar-refractivity contribution in [1.82, 2.24) is 10.3 Å². The summed E-state index contributed by atoms with van der Waals surface area (Å²) < 4.78 is 0. The lowest BCUT2D eigenvalue weighted by molar-refractivity contribution is 0.0943. The summed E-state index contributed by atoms with van der Waals surface area (Å²) >= 11 is 0. The first kappa shape index (κ1) is 12.7. The Morgan fingerprint density at radius 3 is 3.00 bits per heavy atom. The number of nitrogen functional groups attached to an aromatic ring is 1. The van der Waals surface area contributed by atoms with Gasteiger partial charge in [0.25, 0.3) is 5.91 Å². The van der Waals surface area contributed by atoms with Crippen molar-refractivity contribution in [2.75, 3.05) is 12.3 Å². The maximum absolute atomic E-state index is 12.4. The van der Waals surface area contributed by atoms with Crippen molar-refractivity contribution in [3.63, 3.8) is 0 Å². The van der Waals surface area contributed by atoms with E-state index in [4.69, 9.17) is 5.73 Å². The first-order valence-corrected chi connectivity index (χ1v) is 7.85. The second kappa shape index (κ2) is 4.79. The number of H-pyrrole nitrogens is 1. The van der Waals surface area contributed by atoms with Gasteiger partial charge < -0.3 is 16.0 Å². The first-order valence-electron chi connectivity index (χ1n) is 7.85. The minimum atomic E-state index is 0.00891. The first-order chi connectivity index (χ1) is 10.2. The Bertz CT molecular complexity index is 690. The Kier molecular flexibility index (Phi) is 2.91. The monoisotopic (exact) mass is 283 g/mol. The predicted molar refractivity (Wildman–Crippen MR) is 84.0 cm³/mol. The third-order valence-corrected chi connectivity index (χ3v) is 5.36. The number of carbonyl (C=O) groups excluding carboxylic acids is 1. The van der Waals surface area contributed by atoms with Crippen molar-refractivity contribution < 1.29 is 4.79 Å². The number of aromatic amines is 1. The van der Waals surface area contributed by atoms with Crippen LogP contribution in [0.2, 0.25) is 0 Å². The third-order valence-electron chi connectivity index (χ3n) is 5.36. The van der Waals surface area contributed by atoms with Crippen LogP contribution in [0.4, 0.5) is 5.69 Å². The highest BCUT2D eigenvalue weighted by molar-refractivity contribution is 6.07. The van der Waals surface area contributed by atoms with Gasteiger partial charge >= 0.3 is 0 Å². The van der Waals surface area contributed by atoms with E-state index in [1.807, 2.05) is 18.2 Å². The van der Waals surface area contributed by atoms with Gasteiger partial charge in [-0.25, -0.2) is 0 Å². The number of nitrogens with one attached hydrogen (secondary N) is 2. The summed E-state index contributed by atoms with van der Waals surface area (Å²) in [6.45, 7) is 0.814. The van der Waals surface area contributed by atoms with Crippen molar-refractivity contribution in [3.05, 3.63) is 30.0 Å². The second-order valence-corrected chi connectivity index (χ2v) is 6.65. The quantitative estimate of drug-likeness (QED) is 0.758. The zero-order valence-electron chi connectivity index (χ0n) is 12.1. The van der Waals surface area contributed by atoms with Gasteiger partial charge in [-0.2, -0.15) is 0 Å². The van der Waals surface area contributed by atoms with E-state index in [9.17, 15) is 4.79 Å². The van der Waals surface area contributed by atoms with Crippen LogP contribution in [0.3, 0.4) is 0 Å². The molecule has 2 saturated carbocycles. The van der Waals surface area contributed by atoms with Crippen LogP contribution < -0.4 is 11.1 Å². The number of hydrogen-bond donors (Lipinski definition) is 3. The fourth-order valence-corrected chi connectivity index (χ4v) is 4.27. The highest BCUT2D eigenvalue weighted by atomic mass is 16.1. The van der Waals surface area contributed by atoms with Gasteiger partial charge in [-0.3, -0.25) is 4.79 Å². The number of benzene rings is 1. The Hall–Kier alpha value is -1.97. The van der Waals surface area contributed by atoms with Crippen molar-refractivity contribution >= 4 is 22.5 Å². The van der Waals surface area contributed by atoms with Gasteiger partial charge in [-0.05, 0) is 55.2 Å². The van der Waals surface area contributed by atoms with Crippen LogP contribution in [-0.4, -0.2) is 17.4 Å². The molecule has 21 heavy (non-hydrogen) atoms. The van der Waals surface area contributed by atoms with E-state index in [1.165, 1.54) is 25.7 Å². The fourth-order valence-electron chi connectivity index (χ4n) is 4.27. The molecule has 2 aromatic rings. The number of amides is 1. The molecule has 4 N–H and O–H groups in total. The number of rotatable bonds is 3. The summed E-state index contributed by atoms with van der Waals surface area (Å²) in [7, 11) is 0. The molecule has 0 spiro atoms. The molecule has 3 unspecified atom stereocenters. The molecule has 4 heteroatoms. The molecule has 3 atom stereocenters. The molecule has 4 nitrogen and oxygen atoms in total. The summed E-state index contributed by atoms with van der Waals surface area (Å²) in [5.41, 5.74) is 8.15. The Morgan fingerprint density at radius 1 is 1.33 bits per heavy atom.